The van der Waals surface area contributed by atoms with E-state index in [9.17, 15) is 9.59 Å². The standard InChI is InChI=1S/C23H18N2O3S/c26-21-15-29-23(19-8-4-5-9-20(19)24-22(23)27)25(21)17-10-12-18(13-11-17)28-14-16-6-2-1-3-7-16/h1-13H,14-15H2,(H,24,27)/t23-/m0/s1. The SMILES string of the molecule is O=C1CS[C@@]2(C(=O)Nc3ccccc32)N1c1ccc(OCc2ccccc2)cc1. The van der Waals surface area contributed by atoms with Crippen molar-refractivity contribution < 1.29 is 14.3 Å². The largest absolute Gasteiger partial charge is 0.489 e. The van der Waals surface area contributed by atoms with E-state index >= 15 is 0 Å². The number of ether oxygens (including phenoxy) is 1. The Morgan fingerprint density at radius 1 is 0.931 bits per heavy atom. The molecule has 1 spiro atoms. The Balaban J connectivity index is 1.44. The fourth-order valence-electron chi connectivity index (χ4n) is 3.81. The zero-order chi connectivity index (χ0) is 19.8. The lowest BCUT2D eigenvalue weighted by atomic mass is 10.0. The molecule has 3 aromatic carbocycles. The van der Waals surface area contributed by atoms with E-state index in [1.54, 1.807) is 4.90 Å². The number of nitrogens with zero attached hydrogens (tertiary/aromatic N) is 1. The van der Waals surface area contributed by atoms with Crippen LogP contribution in [0.25, 0.3) is 0 Å². The molecule has 0 saturated carbocycles. The fourth-order valence-corrected chi connectivity index (χ4v) is 5.12. The first-order valence-electron chi connectivity index (χ1n) is 9.33. The van der Waals surface area contributed by atoms with E-state index in [0.29, 0.717) is 18.0 Å². The Kier molecular flexibility index (Phi) is 4.28. The predicted molar refractivity (Wildman–Crippen MR) is 114 cm³/mol. The van der Waals surface area contributed by atoms with Gasteiger partial charge in [-0.2, -0.15) is 0 Å². The van der Waals surface area contributed by atoms with E-state index in [2.05, 4.69) is 5.32 Å². The Labute approximate surface area is 172 Å². The van der Waals surface area contributed by atoms with Crippen LogP contribution in [0.3, 0.4) is 0 Å². The summed E-state index contributed by atoms with van der Waals surface area (Å²) in [6, 6.07) is 24.8. The maximum Gasteiger partial charge on any atom is 0.266 e. The molecule has 3 aromatic rings. The van der Waals surface area contributed by atoms with Crippen LogP contribution in [-0.2, 0) is 21.1 Å². The second-order valence-corrected chi connectivity index (χ2v) is 8.10. The summed E-state index contributed by atoms with van der Waals surface area (Å²) in [5.41, 5.74) is 3.34. The molecule has 2 amide bonds. The van der Waals surface area contributed by atoms with Gasteiger partial charge in [-0.3, -0.25) is 14.5 Å². The smallest absolute Gasteiger partial charge is 0.266 e. The van der Waals surface area contributed by atoms with Crippen LogP contribution in [0.15, 0.2) is 78.9 Å². The van der Waals surface area contributed by atoms with Crippen LogP contribution in [0, 0.1) is 0 Å². The molecule has 1 atom stereocenters. The molecule has 0 radical (unpaired) electrons. The summed E-state index contributed by atoms with van der Waals surface area (Å²) in [5, 5.41) is 2.92. The molecule has 0 aromatic heterocycles. The molecule has 6 heteroatoms. The van der Waals surface area contributed by atoms with Crippen molar-refractivity contribution >= 4 is 35.0 Å². The first kappa shape index (κ1) is 17.8. The zero-order valence-electron chi connectivity index (χ0n) is 15.5. The molecular formula is C23H18N2O3S. The maximum absolute atomic E-state index is 13.0. The summed E-state index contributed by atoms with van der Waals surface area (Å²) in [5.74, 6) is 0.703. The highest BCUT2D eigenvalue weighted by Gasteiger charge is 2.58. The number of thioether (sulfide) groups is 1. The van der Waals surface area contributed by atoms with Crippen LogP contribution in [0.2, 0.25) is 0 Å². The molecule has 5 nitrogen and oxygen atoms in total. The lowest BCUT2D eigenvalue weighted by molar-refractivity contribution is -0.122. The Hall–Kier alpha value is -3.25. The number of hydrogen-bond acceptors (Lipinski definition) is 4. The van der Waals surface area contributed by atoms with Crippen molar-refractivity contribution in [2.75, 3.05) is 16.0 Å². The second kappa shape index (κ2) is 6.97. The third kappa shape index (κ3) is 2.87. The number of para-hydroxylation sites is 1. The van der Waals surface area contributed by atoms with Gasteiger partial charge in [-0.05, 0) is 35.9 Å². The summed E-state index contributed by atoms with van der Waals surface area (Å²) in [6.45, 7) is 0.471. The average molecular weight is 402 g/mol. The Bertz CT molecular complexity index is 1080. The van der Waals surface area contributed by atoms with Crippen LogP contribution in [0.5, 0.6) is 5.75 Å². The van der Waals surface area contributed by atoms with Crippen molar-refractivity contribution in [1.29, 1.82) is 0 Å². The zero-order valence-corrected chi connectivity index (χ0v) is 16.3. The maximum atomic E-state index is 13.0. The van der Waals surface area contributed by atoms with Crippen molar-refractivity contribution in [2.24, 2.45) is 0 Å². The van der Waals surface area contributed by atoms with Gasteiger partial charge >= 0.3 is 0 Å². The molecule has 0 bridgehead atoms. The molecule has 144 valence electrons. The van der Waals surface area contributed by atoms with Crippen LogP contribution in [0.4, 0.5) is 11.4 Å². The summed E-state index contributed by atoms with van der Waals surface area (Å²) < 4.78 is 5.84. The van der Waals surface area contributed by atoms with Gasteiger partial charge in [0.15, 0.2) is 0 Å². The minimum atomic E-state index is -1.06. The van der Waals surface area contributed by atoms with Crippen LogP contribution in [0.1, 0.15) is 11.1 Å². The number of hydrogen-bond donors (Lipinski definition) is 1. The lowest BCUT2D eigenvalue weighted by Crippen LogP contribution is -2.47. The second-order valence-electron chi connectivity index (χ2n) is 6.93. The van der Waals surface area contributed by atoms with Gasteiger partial charge in [0.25, 0.3) is 5.91 Å². The third-order valence-electron chi connectivity index (χ3n) is 5.16. The Morgan fingerprint density at radius 2 is 1.66 bits per heavy atom. The van der Waals surface area contributed by atoms with E-state index in [4.69, 9.17) is 4.74 Å². The molecule has 0 aliphatic carbocycles. The number of carbonyl (C=O) groups is 2. The normalized spacial score (nSPS) is 20.1. The van der Waals surface area contributed by atoms with E-state index in [-0.39, 0.29) is 17.6 Å². The summed E-state index contributed by atoms with van der Waals surface area (Å²) in [4.78, 5) is 26.3. The highest BCUT2D eigenvalue weighted by atomic mass is 32.2. The molecule has 2 heterocycles. The number of nitrogens with one attached hydrogen (secondary N) is 1. The number of amides is 2. The van der Waals surface area contributed by atoms with Gasteiger partial charge < -0.3 is 10.1 Å². The van der Waals surface area contributed by atoms with Gasteiger partial charge in [0.05, 0.1) is 5.75 Å². The fraction of sp³-hybridized carbons (Fsp3) is 0.130. The Morgan fingerprint density at radius 3 is 2.45 bits per heavy atom. The topological polar surface area (TPSA) is 58.6 Å². The lowest BCUT2D eigenvalue weighted by Gasteiger charge is -2.32. The molecule has 2 aliphatic rings. The monoisotopic (exact) mass is 402 g/mol. The summed E-state index contributed by atoms with van der Waals surface area (Å²) >= 11 is 1.36. The number of rotatable bonds is 4. The minimum absolute atomic E-state index is 0.0835. The predicted octanol–water partition coefficient (Wildman–Crippen LogP) is 4.15. The van der Waals surface area contributed by atoms with Crippen molar-refractivity contribution in [3.05, 3.63) is 90.0 Å². The van der Waals surface area contributed by atoms with Gasteiger partial charge in [-0.1, -0.05) is 48.5 Å². The van der Waals surface area contributed by atoms with E-state index in [0.717, 1.165) is 16.8 Å². The molecule has 29 heavy (non-hydrogen) atoms. The molecule has 1 saturated heterocycles. The summed E-state index contributed by atoms with van der Waals surface area (Å²) in [6.07, 6.45) is 0. The van der Waals surface area contributed by atoms with Crippen LogP contribution < -0.4 is 15.0 Å². The molecule has 1 fully saturated rings. The van der Waals surface area contributed by atoms with Gasteiger partial charge in [0.1, 0.15) is 12.4 Å². The van der Waals surface area contributed by atoms with E-state index in [1.807, 2.05) is 78.9 Å². The number of fused-ring (bicyclic) bond motifs is 2. The van der Waals surface area contributed by atoms with Gasteiger partial charge in [-0.15, -0.1) is 11.8 Å². The van der Waals surface area contributed by atoms with Crippen molar-refractivity contribution in [2.45, 2.75) is 11.5 Å². The first-order chi connectivity index (χ1) is 14.2. The van der Waals surface area contributed by atoms with Gasteiger partial charge in [0.2, 0.25) is 10.8 Å². The van der Waals surface area contributed by atoms with Crippen LogP contribution in [-0.4, -0.2) is 17.6 Å². The first-order valence-corrected chi connectivity index (χ1v) is 10.3. The van der Waals surface area contributed by atoms with Crippen molar-refractivity contribution in [3.63, 3.8) is 0 Å². The average Bonchev–Trinajstić information content (AvgIpc) is 3.25. The molecule has 2 aliphatic heterocycles. The molecule has 1 N–H and O–H groups in total. The number of benzene rings is 3. The van der Waals surface area contributed by atoms with Crippen molar-refractivity contribution in [1.82, 2.24) is 0 Å². The van der Waals surface area contributed by atoms with E-state index in [1.165, 1.54) is 11.8 Å². The highest BCUT2D eigenvalue weighted by Crippen LogP contribution is 2.53. The van der Waals surface area contributed by atoms with E-state index < -0.39 is 4.87 Å². The quantitative estimate of drug-likeness (QED) is 0.712. The minimum Gasteiger partial charge on any atom is -0.489 e. The van der Waals surface area contributed by atoms with Gasteiger partial charge in [0, 0.05) is 16.9 Å². The molecule has 0 unspecified atom stereocenters. The van der Waals surface area contributed by atoms with Crippen LogP contribution >= 0.6 is 11.8 Å². The summed E-state index contributed by atoms with van der Waals surface area (Å²) in [7, 11) is 0. The third-order valence-corrected chi connectivity index (χ3v) is 6.56. The number of carbonyl (C=O) groups excluding carboxylic acids is 2. The van der Waals surface area contributed by atoms with Gasteiger partial charge in [-0.25, -0.2) is 0 Å². The molecule has 5 rings (SSSR count). The van der Waals surface area contributed by atoms with Crippen molar-refractivity contribution in [3.8, 4) is 5.75 Å². The number of anilines is 2. The molecular weight excluding hydrogens is 384 g/mol. The highest BCUT2D eigenvalue weighted by molar-refractivity contribution is 8.02.